The number of aliphatic imine (C=N–C) groups is 1. The van der Waals surface area contributed by atoms with Crippen LogP contribution in [0.2, 0.25) is 5.02 Å². The molecule has 3 heterocycles. The number of imide groups is 1. The van der Waals surface area contributed by atoms with Crippen LogP contribution >= 0.6 is 11.6 Å². The van der Waals surface area contributed by atoms with Crippen LogP contribution in [-0.4, -0.2) is 39.2 Å². The maximum atomic E-state index is 13.2. The van der Waals surface area contributed by atoms with E-state index in [1.165, 1.54) is 9.80 Å². The molecule has 0 radical (unpaired) electrons. The van der Waals surface area contributed by atoms with Crippen LogP contribution in [0.5, 0.6) is 0 Å². The molecule has 2 aliphatic rings. The lowest BCUT2D eigenvalue weighted by Gasteiger charge is -2.33. The minimum absolute atomic E-state index is 0.173. The molecular formula is C19H21ClN5O2+. The summed E-state index contributed by atoms with van der Waals surface area (Å²) >= 11 is 6.05. The third-order valence-electron chi connectivity index (χ3n) is 5.00. The predicted octanol–water partition coefficient (Wildman–Crippen LogP) is 3.00. The van der Waals surface area contributed by atoms with Gasteiger partial charge in [-0.1, -0.05) is 28.7 Å². The second kappa shape index (κ2) is 6.20. The molecule has 1 atom stereocenters. The highest BCUT2D eigenvalue weighted by Gasteiger charge is 2.53. The number of carbonyl (C=O) groups excluding carboxylic acids is 2. The molecule has 1 unspecified atom stereocenters. The summed E-state index contributed by atoms with van der Waals surface area (Å²) in [6, 6.07) is 6.37. The number of hydrogen-bond donors (Lipinski definition) is 0. The van der Waals surface area contributed by atoms with E-state index in [2.05, 4.69) is 23.4 Å². The standard InChI is InChI=1S/C19H21ClN5O2/c1-11(2)25-12(3)9-23-15-16(21-18(23)25)22(4)19(27)24(17(15)26)10-13-6-5-7-14(20)8-13/h5-9,11,15H,10H2,1-4H3/q+1. The minimum atomic E-state index is -0.624. The predicted molar refractivity (Wildman–Crippen MR) is 101 cm³/mol. The van der Waals surface area contributed by atoms with Crippen molar-refractivity contribution < 1.29 is 14.2 Å². The number of carbonyl (C=O) groups is 2. The lowest BCUT2D eigenvalue weighted by atomic mass is 10.1. The molecule has 2 aliphatic heterocycles. The van der Waals surface area contributed by atoms with Gasteiger partial charge in [-0.3, -0.25) is 14.6 Å². The molecule has 140 valence electrons. The molecule has 27 heavy (non-hydrogen) atoms. The summed E-state index contributed by atoms with van der Waals surface area (Å²) < 4.78 is 3.93. The number of urea groups is 1. The Labute approximate surface area is 162 Å². The zero-order valence-electron chi connectivity index (χ0n) is 15.7. The van der Waals surface area contributed by atoms with E-state index in [1.807, 2.05) is 29.8 Å². The third-order valence-corrected chi connectivity index (χ3v) is 5.23. The van der Waals surface area contributed by atoms with Crippen molar-refractivity contribution in [3.05, 3.63) is 46.7 Å². The Kier molecular flexibility index (Phi) is 4.07. The van der Waals surface area contributed by atoms with Gasteiger partial charge in [-0.25, -0.2) is 13.9 Å². The Morgan fingerprint density at radius 2 is 2.04 bits per heavy atom. The lowest BCUT2D eigenvalue weighted by Crippen LogP contribution is -2.62. The Bertz CT molecular complexity index is 994. The molecule has 0 N–H and O–H groups in total. The van der Waals surface area contributed by atoms with E-state index in [0.717, 1.165) is 11.3 Å². The number of aromatic nitrogens is 2. The quantitative estimate of drug-likeness (QED) is 0.761. The average Bonchev–Trinajstić information content (AvgIpc) is 3.11. The molecule has 3 amide bonds. The van der Waals surface area contributed by atoms with Crippen LogP contribution in [-0.2, 0) is 11.3 Å². The molecule has 0 spiro atoms. The number of nitrogens with zero attached hydrogens (tertiary/aromatic N) is 5. The fraction of sp³-hybridized carbons (Fsp3) is 0.368. The highest BCUT2D eigenvalue weighted by molar-refractivity contribution is 6.30. The maximum absolute atomic E-state index is 13.2. The smallest absolute Gasteiger partial charge is 0.270 e. The average molecular weight is 387 g/mol. The fourth-order valence-corrected chi connectivity index (χ4v) is 4.02. The highest BCUT2D eigenvalue weighted by Crippen LogP contribution is 2.31. The van der Waals surface area contributed by atoms with Crippen molar-refractivity contribution in [2.24, 2.45) is 4.99 Å². The number of amidine groups is 1. The molecule has 2 aromatic rings. The summed E-state index contributed by atoms with van der Waals surface area (Å²) in [5.41, 5.74) is 1.83. The molecule has 1 aromatic carbocycles. The van der Waals surface area contributed by atoms with E-state index >= 15 is 0 Å². The SMILES string of the molecule is Cc1c[n+]2c(n1C(C)C)N=C1C2C(=O)N(Cc2cccc(Cl)c2)C(=O)N1C. The summed E-state index contributed by atoms with van der Waals surface area (Å²) in [5.74, 6) is 0.887. The van der Waals surface area contributed by atoms with Crippen LogP contribution in [0.3, 0.4) is 0 Å². The third kappa shape index (κ3) is 2.65. The van der Waals surface area contributed by atoms with Gasteiger partial charge in [0.15, 0.2) is 0 Å². The fourth-order valence-electron chi connectivity index (χ4n) is 3.80. The number of amides is 3. The summed E-state index contributed by atoms with van der Waals surface area (Å²) in [4.78, 5) is 33.4. The van der Waals surface area contributed by atoms with Gasteiger partial charge < -0.3 is 0 Å². The van der Waals surface area contributed by atoms with E-state index in [-0.39, 0.29) is 24.5 Å². The van der Waals surface area contributed by atoms with Crippen molar-refractivity contribution in [1.29, 1.82) is 0 Å². The van der Waals surface area contributed by atoms with E-state index in [0.29, 0.717) is 16.8 Å². The molecule has 4 rings (SSSR count). The van der Waals surface area contributed by atoms with E-state index in [9.17, 15) is 9.59 Å². The second-order valence-electron chi connectivity index (χ2n) is 7.21. The van der Waals surface area contributed by atoms with E-state index in [4.69, 9.17) is 11.6 Å². The number of likely N-dealkylation sites (N-methyl/N-ethyl adjacent to an activating group) is 1. The van der Waals surface area contributed by atoms with Gasteiger partial charge >= 0.3 is 12.0 Å². The number of rotatable bonds is 3. The van der Waals surface area contributed by atoms with Crippen LogP contribution in [0.1, 0.15) is 37.2 Å². The topological polar surface area (TPSA) is 61.8 Å². The van der Waals surface area contributed by atoms with Crippen LogP contribution in [0.4, 0.5) is 10.7 Å². The molecule has 1 fully saturated rings. The van der Waals surface area contributed by atoms with Crippen LogP contribution < -0.4 is 4.57 Å². The summed E-state index contributed by atoms with van der Waals surface area (Å²) in [6.45, 7) is 6.30. The highest BCUT2D eigenvalue weighted by atomic mass is 35.5. The number of halogens is 1. The van der Waals surface area contributed by atoms with Crippen molar-refractivity contribution >= 4 is 35.3 Å². The van der Waals surface area contributed by atoms with Crippen LogP contribution in [0.25, 0.3) is 0 Å². The molecule has 7 nitrogen and oxygen atoms in total. The molecule has 0 bridgehead atoms. The Morgan fingerprint density at radius 1 is 1.30 bits per heavy atom. The maximum Gasteiger partial charge on any atom is 0.402 e. The van der Waals surface area contributed by atoms with Gasteiger partial charge in [-0.05, 0) is 38.5 Å². The van der Waals surface area contributed by atoms with Crippen molar-refractivity contribution in [3.63, 3.8) is 0 Å². The first-order chi connectivity index (χ1) is 12.8. The summed E-state index contributed by atoms with van der Waals surface area (Å²) in [5, 5.41) is 0.571. The Hall–Kier alpha value is -2.67. The number of hydrogen-bond acceptors (Lipinski definition) is 3. The van der Waals surface area contributed by atoms with E-state index < -0.39 is 6.04 Å². The zero-order chi connectivity index (χ0) is 19.5. The first-order valence-electron chi connectivity index (χ1n) is 8.84. The van der Waals surface area contributed by atoms with Gasteiger partial charge in [0.2, 0.25) is 11.9 Å². The van der Waals surface area contributed by atoms with Gasteiger partial charge in [0.25, 0.3) is 5.91 Å². The summed E-state index contributed by atoms with van der Waals surface area (Å²) in [7, 11) is 1.66. The van der Waals surface area contributed by atoms with Gasteiger partial charge in [0.1, 0.15) is 11.9 Å². The van der Waals surface area contributed by atoms with Crippen molar-refractivity contribution in [2.75, 3.05) is 7.05 Å². The van der Waals surface area contributed by atoms with Gasteiger partial charge in [-0.2, -0.15) is 0 Å². The molecule has 0 aliphatic carbocycles. The number of benzene rings is 1. The lowest BCUT2D eigenvalue weighted by molar-refractivity contribution is -0.677. The normalized spacial score (nSPS) is 18.9. The second-order valence-corrected chi connectivity index (χ2v) is 7.65. The largest absolute Gasteiger partial charge is 0.402 e. The number of fused-ring (bicyclic) bond motifs is 3. The van der Waals surface area contributed by atoms with Crippen molar-refractivity contribution in [2.45, 2.75) is 39.4 Å². The minimum Gasteiger partial charge on any atom is -0.270 e. The van der Waals surface area contributed by atoms with Crippen molar-refractivity contribution in [3.8, 4) is 0 Å². The zero-order valence-corrected chi connectivity index (χ0v) is 16.4. The van der Waals surface area contributed by atoms with Crippen LogP contribution in [0, 0.1) is 6.92 Å². The molecule has 1 aromatic heterocycles. The number of imidazole rings is 1. The monoisotopic (exact) mass is 386 g/mol. The number of aryl methyl sites for hydroxylation is 1. The molecule has 0 saturated carbocycles. The molecular weight excluding hydrogens is 366 g/mol. The Balaban J connectivity index is 1.75. The Morgan fingerprint density at radius 3 is 2.70 bits per heavy atom. The first kappa shape index (κ1) is 17.7. The van der Waals surface area contributed by atoms with Gasteiger partial charge in [0, 0.05) is 12.1 Å². The van der Waals surface area contributed by atoms with E-state index in [1.54, 1.807) is 19.2 Å². The van der Waals surface area contributed by atoms with Gasteiger partial charge in [0.05, 0.1) is 12.6 Å². The van der Waals surface area contributed by atoms with Crippen LogP contribution in [0.15, 0.2) is 35.5 Å². The first-order valence-corrected chi connectivity index (χ1v) is 9.22. The molecule has 8 heteroatoms. The van der Waals surface area contributed by atoms with Crippen molar-refractivity contribution in [1.82, 2.24) is 14.4 Å². The van der Waals surface area contributed by atoms with Gasteiger partial charge in [-0.15, -0.1) is 0 Å². The summed E-state index contributed by atoms with van der Waals surface area (Å²) in [6.07, 6.45) is 1.93. The molecule has 1 saturated heterocycles.